The first-order valence-corrected chi connectivity index (χ1v) is 7.95. The van der Waals surface area contributed by atoms with Crippen LogP contribution < -0.4 is 16.4 Å². The number of halogens is 9. The predicted octanol–water partition coefficient (Wildman–Crippen LogP) is 3.76. The summed E-state index contributed by atoms with van der Waals surface area (Å²) >= 11 is 0. The van der Waals surface area contributed by atoms with Gasteiger partial charge in [0.15, 0.2) is 34.9 Å². The summed E-state index contributed by atoms with van der Waals surface area (Å²) in [7, 11) is 0. The Kier molecular flexibility index (Phi) is 5.38. The van der Waals surface area contributed by atoms with Gasteiger partial charge in [0.05, 0.1) is 0 Å². The van der Waals surface area contributed by atoms with Gasteiger partial charge in [0, 0.05) is 18.2 Å². The van der Waals surface area contributed by atoms with Crippen molar-refractivity contribution in [2.75, 3.05) is 0 Å². The Balaban J connectivity index is 2.48. The molecule has 3 rings (SSSR count). The zero-order valence-corrected chi connectivity index (χ0v) is 14.4. The highest BCUT2D eigenvalue weighted by atomic mass is 19.2. The highest BCUT2D eigenvalue weighted by Crippen LogP contribution is 2.16. The summed E-state index contributed by atoms with van der Waals surface area (Å²) in [6.07, 6.45) is 0. The van der Waals surface area contributed by atoms with Gasteiger partial charge in [-0.1, -0.05) is 0 Å². The Labute approximate surface area is 158 Å². The second-order valence-corrected chi connectivity index (χ2v) is 6.21. The van der Waals surface area contributed by atoms with Gasteiger partial charge in [-0.05, 0) is 41.0 Å². The van der Waals surface area contributed by atoms with E-state index in [2.05, 4.69) is 0 Å². The van der Waals surface area contributed by atoms with Crippen molar-refractivity contribution < 1.29 is 39.5 Å². The van der Waals surface area contributed by atoms with E-state index in [4.69, 9.17) is 0 Å². The minimum atomic E-state index is -2.24. The SMILES string of the molecule is Cc1c(F)c(F)cc(F)c1B(c1cc(F)cc(F)c1F)c1cc(F)cc(F)c1F. The average Bonchev–Trinajstić information content (AvgIpc) is 2.63. The number of hydrogen-bond donors (Lipinski definition) is 0. The van der Waals surface area contributed by atoms with Crippen LogP contribution in [0.5, 0.6) is 0 Å². The van der Waals surface area contributed by atoms with Crippen LogP contribution in [-0.2, 0) is 0 Å². The Bertz CT molecular complexity index is 1070. The smallest absolute Gasteiger partial charge is 0.207 e. The van der Waals surface area contributed by atoms with Crippen LogP contribution in [0.2, 0.25) is 0 Å². The van der Waals surface area contributed by atoms with Crippen molar-refractivity contribution in [3.63, 3.8) is 0 Å². The molecule has 0 unspecified atom stereocenters. The van der Waals surface area contributed by atoms with Crippen LogP contribution >= 0.6 is 0 Å². The molecule has 0 N–H and O–H groups in total. The molecule has 0 aromatic heterocycles. The molecule has 0 aliphatic carbocycles. The lowest BCUT2D eigenvalue weighted by Crippen LogP contribution is -2.57. The van der Waals surface area contributed by atoms with Crippen LogP contribution in [0.25, 0.3) is 0 Å². The standard InChI is InChI=1S/C19H8BF9/c1-7-16(12(23)6-15(26)17(7)27)20(10-2-8(21)4-13(24)18(10)28)11-3-9(22)5-14(25)19(11)29/h2-6H,1H3. The quantitative estimate of drug-likeness (QED) is 0.346. The van der Waals surface area contributed by atoms with E-state index in [9.17, 15) is 39.5 Å². The fourth-order valence-electron chi connectivity index (χ4n) is 3.13. The van der Waals surface area contributed by atoms with Crippen molar-refractivity contribution >= 4 is 23.1 Å². The monoisotopic (exact) mass is 418 g/mol. The first-order valence-electron chi connectivity index (χ1n) is 7.95. The number of rotatable bonds is 3. The van der Waals surface area contributed by atoms with Crippen LogP contribution in [0.4, 0.5) is 39.5 Å². The first-order chi connectivity index (χ1) is 13.5. The van der Waals surface area contributed by atoms with E-state index in [1.807, 2.05) is 0 Å². The third kappa shape index (κ3) is 3.59. The van der Waals surface area contributed by atoms with E-state index in [1.165, 1.54) is 0 Å². The van der Waals surface area contributed by atoms with E-state index < -0.39 is 81.0 Å². The van der Waals surface area contributed by atoms with E-state index in [-0.39, 0.29) is 18.2 Å². The first kappa shape index (κ1) is 20.8. The van der Waals surface area contributed by atoms with Crippen molar-refractivity contribution in [2.45, 2.75) is 6.92 Å². The second kappa shape index (κ2) is 7.49. The van der Waals surface area contributed by atoms with Crippen LogP contribution in [0, 0.1) is 59.3 Å². The molecule has 0 nitrogen and oxygen atoms in total. The van der Waals surface area contributed by atoms with Gasteiger partial charge in [-0.2, -0.15) is 0 Å². The van der Waals surface area contributed by atoms with Crippen molar-refractivity contribution in [1.29, 1.82) is 0 Å². The highest BCUT2D eigenvalue weighted by Gasteiger charge is 2.35. The molecule has 29 heavy (non-hydrogen) atoms. The third-order valence-electron chi connectivity index (χ3n) is 4.41. The molecule has 0 aliphatic rings. The van der Waals surface area contributed by atoms with Gasteiger partial charge in [-0.15, -0.1) is 0 Å². The molecular formula is C19H8BF9. The van der Waals surface area contributed by atoms with Gasteiger partial charge in [0.1, 0.15) is 17.5 Å². The molecule has 3 aromatic rings. The fourth-order valence-corrected chi connectivity index (χ4v) is 3.13. The maximum absolute atomic E-state index is 14.6. The molecule has 0 radical (unpaired) electrons. The van der Waals surface area contributed by atoms with Crippen molar-refractivity contribution in [1.82, 2.24) is 0 Å². The number of benzene rings is 3. The van der Waals surface area contributed by atoms with Gasteiger partial charge in [-0.25, -0.2) is 39.5 Å². The van der Waals surface area contributed by atoms with E-state index in [0.29, 0.717) is 12.1 Å². The summed E-state index contributed by atoms with van der Waals surface area (Å²) in [5, 5.41) is 0. The summed E-state index contributed by atoms with van der Waals surface area (Å²) in [5.41, 5.74) is -3.89. The predicted molar refractivity (Wildman–Crippen MR) is 88.3 cm³/mol. The zero-order chi connectivity index (χ0) is 21.6. The largest absolute Gasteiger partial charge is 0.253 e. The van der Waals surface area contributed by atoms with Gasteiger partial charge < -0.3 is 0 Å². The van der Waals surface area contributed by atoms with Gasteiger partial charge in [0.2, 0.25) is 0 Å². The summed E-state index contributed by atoms with van der Waals surface area (Å²) in [5.74, 6) is -14.6. The summed E-state index contributed by atoms with van der Waals surface area (Å²) < 4.78 is 126. The van der Waals surface area contributed by atoms with Crippen molar-refractivity contribution in [2.24, 2.45) is 0 Å². The molecule has 150 valence electrons. The molecule has 0 saturated carbocycles. The van der Waals surface area contributed by atoms with Crippen LogP contribution in [0.1, 0.15) is 5.56 Å². The Morgan fingerprint density at radius 2 is 0.931 bits per heavy atom. The molecule has 0 amide bonds. The van der Waals surface area contributed by atoms with E-state index in [0.717, 1.165) is 6.92 Å². The molecule has 0 aliphatic heterocycles. The molecule has 0 bridgehead atoms. The Morgan fingerprint density at radius 1 is 0.517 bits per heavy atom. The van der Waals surface area contributed by atoms with Crippen molar-refractivity contribution in [3.8, 4) is 0 Å². The normalized spacial score (nSPS) is 11.1. The van der Waals surface area contributed by atoms with Crippen LogP contribution in [0.3, 0.4) is 0 Å². The molecule has 0 saturated heterocycles. The topological polar surface area (TPSA) is 0 Å². The summed E-state index contributed by atoms with van der Waals surface area (Å²) in [4.78, 5) is 0. The minimum absolute atomic E-state index is 0.0474. The Morgan fingerprint density at radius 3 is 1.38 bits per heavy atom. The highest BCUT2D eigenvalue weighted by molar-refractivity contribution is 6.96. The molecule has 0 heterocycles. The molecule has 0 atom stereocenters. The van der Waals surface area contributed by atoms with E-state index >= 15 is 0 Å². The summed E-state index contributed by atoms with van der Waals surface area (Å²) in [6.45, 7) is -1.40. The maximum atomic E-state index is 14.6. The van der Waals surface area contributed by atoms with Crippen LogP contribution in [-0.4, -0.2) is 6.71 Å². The lowest BCUT2D eigenvalue weighted by atomic mass is 9.35. The van der Waals surface area contributed by atoms with Gasteiger partial charge in [0.25, 0.3) is 6.71 Å². The number of hydrogen-bond acceptors (Lipinski definition) is 0. The van der Waals surface area contributed by atoms with E-state index in [1.54, 1.807) is 0 Å². The molecule has 10 heteroatoms. The van der Waals surface area contributed by atoms with Gasteiger partial charge in [-0.3, -0.25) is 0 Å². The maximum Gasteiger partial charge on any atom is 0.253 e. The lowest BCUT2D eigenvalue weighted by Gasteiger charge is -2.20. The van der Waals surface area contributed by atoms with Gasteiger partial charge >= 0.3 is 0 Å². The fraction of sp³-hybridized carbons (Fsp3) is 0.0526. The molecule has 0 fully saturated rings. The Hall–Kier alpha value is -2.91. The average molecular weight is 418 g/mol. The van der Waals surface area contributed by atoms with Crippen molar-refractivity contribution in [3.05, 3.63) is 88.3 Å². The second-order valence-electron chi connectivity index (χ2n) is 6.21. The minimum Gasteiger partial charge on any atom is -0.207 e. The molecule has 3 aromatic carbocycles. The lowest BCUT2D eigenvalue weighted by molar-refractivity contribution is 0.491. The molecule has 0 spiro atoms. The third-order valence-corrected chi connectivity index (χ3v) is 4.41. The summed E-state index contributed by atoms with van der Waals surface area (Å²) in [6, 6.07) is 0.989. The van der Waals surface area contributed by atoms with Crippen LogP contribution in [0.15, 0.2) is 30.3 Å². The molecular weight excluding hydrogens is 410 g/mol. The zero-order valence-electron chi connectivity index (χ0n) is 14.4.